The highest BCUT2D eigenvalue weighted by Crippen LogP contribution is 2.35. The normalized spacial score (nSPS) is 30.6. The van der Waals surface area contributed by atoms with E-state index < -0.39 is 5.54 Å². The molecule has 1 N–H and O–H groups in total. The first-order valence-corrected chi connectivity index (χ1v) is 7.75. The third kappa shape index (κ3) is 2.15. The Kier molecular flexibility index (Phi) is 3.27. The van der Waals surface area contributed by atoms with E-state index in [0.29, 0.717) is 0 Å². The van der Waals surface area contributed by atoms with E-state index in [0.717, 1.165) is 44.6 Å². The van der Waals surface area contributed by atoms with Gasteiger partial charge in [-0.05, 0) is 32.1 Å². The van der Waals surface area contributed by atoms with Gasteiger partial charge in [-0.15, -0.1) is 0 Å². The Morgan fingerprint density at radius 3 is 2.47 bits per heavy atom. The van der Waals surface area contributed by atoms with Gasteiger partial charge in [0.2, 0.25) is 11.8 Å². The quantitative estimate of drug-likeness (QED) is 0.845. The molecule has 1 unspecified atom stereocenters. The molecular weight excluding hydrogens is 240 g/mol. The lowest BCUT2D eigenvalue weighted by Gasteiger charge is -2.44. The summed E-state index contributed by atoms with van der Waals surface area (Å²) in [4.78, 5) is 26.7. The summed E-state index contributed by atoms with van der Waals surface area (Å²) >= 11 is 0. The fourth-order valence-electron chi connectivity index (χ4n) is 3.70. The van der Waals surface area contributed by atoms with Crippen LogP contribution in [0.1, 0.15) is 58.3 Å². The molecule has 1 spiro atoms. The van der Waals surface area contributed by atoms with Crippen molar-refractivity contribution in [2.75, 3.05) is 6.54 Å². The van der Waals surface area contributed by atoms with E-state index in [1.54, 1.807) is 0 Å². The molecule has 2 amide bonds. The molecule has 0 aromatic rings. The molecule has 1 atom stereocenters. The SMILES string of the molecule is CC1C(=O)NC2(CCCC2)C(=O)N1CCC1CCC1. The molecular formula is C15H24N2O2. The fourth-order valence-corrected chi connectivity index (χ4v) is 3.70. The molecule has 4 heteroatoms. The molecule has 3 aliphatic rings. The number of nitrogens with one attached hydrogen (secondary N) is 1. The summed E-state index contributed by atoms with van der Waals surface area (Å²) < 4.78 is 0. The monoisotopic (exact) mass is 264 g/mol. The predicted molar refractivity (Wildman–Crippen MR) is 72.5 cm³/mol. The van der Waals surface area contributed by atoms with Crippen LogP contribution in [-0.4, -0.2) is 34.8 Å². The zero-order valence-electron chi connectivity index (χ0n) is 11.8. The number of carbonyl (C=O) groups excluding carboxylic acids is 2. The summed E-state index contributed by atoms with van der Waals surface area (Å²) in [7, 11) is 0. The van der Waals surface area contributed by atoms with Crippen LogP contribution in [-0.2, 0) is 9.59 Å². The Hall–Kier alpha value is -1.06. The molecule has 2 saturated carbocycles. The maximum absolute atomic E-state index is 12.7. The minimum atomic E-state index is -0.552. The second-order valence-electron chi connectivity index (χ2n) is 6.54. The van der Waals surface area contributed by atoms with Gasteiger partial charge in [0.05, 0.1) is 0 Å². The van der Waals surface area contributed by atoms with Crippen molar-refractivity contribution in [1.82, 2.24) is 10.2 Å². The zero-order valence-corrected chi connectivity index (χ0v) is 11.8. The van der Waals surface area contributed by atoms with Crippen molar-refractivity contribution in [3.05, 3.63) is 0 Å². The summed E-state index contributed by atoms with van der Waals surface area (Å²) in [5.74, 6) is 0.996. The lowest BCUT2D eigenvalue weighted by atomic mass is 9.82. The van der Waals surface area contributed by atoms with Gasteiger partial charge in [0.25, 0.3) is 0 Å². The average Bonchev–Trinajstić information content (AvgIpc) is 2.78. The van der Waals surface area contributed by atoms with Crippen LogP contribution in [0.5, 0.6) is 0 Å². The Bertz CT molecular complexity index is 384. The molecule has 0 aromatic heterocycles. The molecule has 2 aliphatic carbocycles. The number of rotatable bonds is 3. The van der Waals surface area contributed by atoms with E-state index in [2.05, 4.69) is 5.32 Å². The van der Waals surface area contributed by atoms with E-state index in [-0.39, 0.29) is 17.9 Å². The van der Waals surface area contributed by atoms with Crippen molar-refractivity contribution in [3.63, 3.8) is 0 Å². The first kappa shape index (κ1) is 12.9. The van der Waals surface area contributed by atoms with Crippen molar-refractivity contribution >= 4 is 11.8 Å². The Morgan fingerprint density at radius 2 is 1.89 bits per heavy atom. The Balaban J connectivity index is 1.71. The smallest absolute Gasteiger partial charge is 0.248 e. The number of hydrogen-bond donors (Lipinski definition) is 1. The predicted octanol–water partition coefficient (Wildman–Crippen LogP) is 1.84. The molecule has 1 aliphatic heterocycles. The lowest BCUT2D eigenvalue weighted by Crippen LogP contribution is -2.68. The van der Waals surface area contributed by atoms with Crippen LogP contribution in [0.3, 0.4) is 0 Å². The zero-order chi connectivity index (χ0) is 13.5. The number of carbonyl (C=O) groups is 2. The van der Waals surface area contributed by atoms with Crippen LogP contribution in [0.25, 0.3) is 0 Å². The standard InChI is InChI=1S/C15H24N2O2/c1-11-13(18)16-15(8-2-3-9-15)14(19)17(11)10-7-12-5-4-6-12/h11-12H,2-10H2,1H3,(H,16,18). The molecule has 19 heavy (non-hydrogen) atoms. The summed E-state index contributed by atoms with van der Waals surface area (Å²) in [5.41, 5.74) is -0.552. The number of hydrogen-bond acceptors (Lipinski definition) is 2. The van der Waals surface area contributed by atoms with Crippen molar-refractivity contribution in [3.8, 4) is 0 Å². The van der Waals surface area contributed by atoms with Crippen LogP contribution in [0, 0.1) is 5.92 Å². The van der Waals surface area contributed by atoms with Crippen molar-refractivity contribution < 1.29 is 9.59 Å². The van der Waals surface area contributed by atoms with Gasteiger partial charge < -0.3 is 10.2 Å². The van der Waals surface area contributed by atoms with Gasteiger partial charge in [-0.25, -0.2) is 0 Å². The third-order valence-electron chi connectivity index (χ3n) is 5.34. The van der Waals surface area contributed by atoms with Crippen LogP contribution >= 0.6 is 0 Å². The Morgan fingerprint density at radius 1 is 1.21 bits per heavy atom. The third-order valence-corrected chi connectivity index (χ3v) is 5.34. The van der Waals surface area contributed by atoms with Gasteiger partial charge in [0, 0.05) is 6.54 Å². The van der Waals surface area contributed by atoms with Gasteiger partial charge in [-0.2, -0.15) is 0 Å². The molecule has 3 rings (SSSR count). The van der Waals surface area contributed by atoms with E-state index in [1.165, 1.54) is 19.3 Å². The summed E-state index contributed by atoms with van der Waals surface area (Å²) in [6.07, 6.45) is 8.75. The minimum Gasteiger partial charge on any atom is -0.340 e. The highest BCUT2D eigenvalue weighted by atomic mass is 16.2. The van der Waals surface area contributed by atoms with Crippen LogP contribution < -0.4 is 5.32 Å². The molecule has 4 nitrogen and oxygen atoms in total. The first-order valence-electron chi connectivity index (χ1n) is 7.75. The second-order valence-corrected chi connectivity index (χ2v) is 6.54. The van der Waals surface area contributed by atoms with E-state index in [9.17, 15) is 9.59 Å². The average molecular weight is 264 g/mol. The van der Waals surface area contributed by atoms with Crippen LogP contribution in [0.4, 0.5) is 0 Å². The second kappa shape index (κ2) is 4.80. The molecule has 3 fully saturated rings. The highest BCUT2D eigenvalue weighted by molar-refractivity contribution is 5.99. The molecule has 0 aromatic carbocycles. The van der Waals surface area contributed by atoms with Crippen molar-refractivity contribution in [2.24, 2.45) is 5.92 Å². The Labute approximate surface area is 114 Å². The number of amides is 2. The molecule has 1 heterocycles. The molecule has 0 bridgehead atoms. The molecule has 0 radical (unpaired) electrons. The van der Waals surface area contributed by atoms with Crippen molar-refractivity contribution in [2.45, 2.75) is 69.9 Å². The number of piperazine rings is 1. The van der Waals surface area contributed by atoms with E-state index in [1.807, 2.05) is 11.8 Å². The van der Waals surface area contributed by atoms with Gasteiger partial charge >= 0.3 is 0 Å². The van der Waals surface area contributed by atoms with Crippen LogP contribution in [0.2, 0.25) is 0 Å². The summed E-state index contributed by atoms with van der Waals surface area (Å²) in [5, 5.41) is 3.01. The maximum Gasteiger partial charge on any atom is 0.248 e. The van der Waals surface area contributed by atoms with Crippen LogP contribution in [0.15, 0.2) is 0 Å². The minimum absolute atomic E-state index is 0.0371. The largest absolute Gasteiger partial charge is 0.340 e. The molecule has 106 valence electrons. The van der Waals surface area contributed by atoms with Gasteiger partial charge in [0.15, 0.2) is 0 Å². The van der Waals surface area contributed by atoms with Gasteiger partial charge in [0.1, 0.15) is 11.6 Å². The first-order chi connectivity index (χ1) is 9.12. The maximum atomic E-state index is 12.7. The van der Waals surface area contributed by atoms with Gasteiger partial charge in [-0.1, -0.05) is 32.1 Å². The highest BCUT2D eigenvalue weighted by Gasteiger charge is 2.50. The lowest BCUT2D eigenvalue weighted by molar-refractivity contribution is -0.154. The van der Waals surface area contributed by atoms with E-state index >= 15 is 0 Å². The molecule has 1 saturated heterocycles. The topological polar surface area (TPSA) is 49.4 Å². The fraction of sp³-hybridized carbons (Fsp3) is 0.867. The van der Waals surface area contributed by atoms with Gasteiger partial charge in [-0.3, -0.25) is 9.59 Å². The van der Waals surface area contributed by atoms with Crippen molar-refractivity contribution in [1.29, 1.82) is 0 Å². The van der Waals surface area contributed by atoms with E-state index in [4.69, 9.17) is 0 Å². The summed E-state index contributed by atoms with van der Waals surface area (Å²) in [6.45, 7) is 2.62. The number of nitrogens with zero attached hydrogens (tertiary/aromatic N) is 1. The summed E-state index contributed by atoms with van der Waals surface area (Å²) in [6, 6.07) is -0.293.